The maximum atomic E-state index is 15.3. The van der Waals surface area contributed by atoms with Gasteiger partial charge in [-0.1, -0.05) is 180 Å². The van der Waals surface area contributed by atoms with E-state index in [1.807, 2.05) is 132 Å². The molecule has 1 aromatic heterocycles. The molecule has 2 atom stereocenters. The SMILES string of the molecule is CC(C)(C)c1ccc(C2=CC(c3ccc(C(C)(C)C)cc3)=N/C2=C\c2c(-c3ccc(C(C)(C)C)cc3)cc(-c3ccc(C(C)(C)C)cc3)n2B(OCC(F)(F)C(F)C(F)(F)F)OCC(F)(F)C(F)C(F)(F)F)cc1. The second kappa shape index (κ2) is 20.5. The predicted molar refractivity (Wildman–Crippen MR) is 270 cm³/mol. The van der Waals surface area contributed by atoms with Gasteiger partial charge in [0.15, 0.2) is 0 Å². The molecule has 0 saturated heterocycles. The molecular formula is C57H61BF12N2O2. The molecule has 0 radical (unpaired) electrons. The maximum absolute atomic E-state index is 15.3. The van der Waals surface area contributed by atoms with E-state index >= 15 is 17.6 Å². The van der Waals surface area contributed by atoms with Gasteiger partial charge in [-0.3, -0.25) is 0 Å². The van der Waals surface area contributed by atoms with Crippen molar-refractivity contribution < 1.29 is 62.0 Å². The average Bonchev–Trinajstić information content (AvgIpc) is 3.89. The summed E-state index contributed by atoms with van der Waals surface area (Å²) >= 11 is 0. The topological polar surface area (TPSA) is 35.8 Å². The molecule has 2 heterocycles. The Morgan fingerprint density at radius 1 is 0.486 bits per heavy atom. The molecular weight excluding hydrogens is 983 g/mol. The van der Waals surface area contributed by atoms with Gasteiger partial charge < -0.3 is 13.8 Å². The van der Waals surface area contributed by atoms with Gasteiger partial charge >= 0.3 is 31.5 Å². The fourth-order valence-corrected chi connectivity index (χ4v) is 8.19. The number of allylic oxidation sites excluding steroid dienone is 2. The van der Waals surface area contributed by atoms with Crippen LogP contribution in [0.2, 0.25) is 0 Å². The van der Waals surface area contributed by atoms with Crippen LogP contribution in [0.4, 0.5) is 52.7 Å². The van der Waals surface area contributed by atoms with Gasteiger partial charge in [0.25, 0.3) is 12.3 Å². The Morgan fingerprint density at radius 2 is 0.824 bits per heavy atom. The number of alkyl halides is 12. The summed E-state index contributed by atoms with van der Waals surface area (Å²) in [6, 6.07) is 30.3. The van der Waals surface area contributed by atoms with Crippen LogP contribution in [-0.4, -0.2) is 67.2 Å². The van der Waals surface area contributed by atoms with Crippen LogP contribution < -0.4 is 0 Å². The molecule has 4 nitrogen and oxygen atoms in total. The van der Waals surface area contributed by atoms with Crippen molar-refractivity contribution >= 4 is 24.6 Å². The number of aromatic nitrogens is 1. The minimum absolute atomic E-state index is 0.0934. The van der Waals surface area contributed by atoms with Gasteiger partial charge in [0, 0.05) is 28.1 Å². The number of hydrogen-bond donors (Lipinski definition) is 0. The molecule has 4 aromatic carbocycles. The molecule has 0 N–H and O–H groups in total. The molecule has 0 spiro atoms. The van der Waals surface area contributed by atoms with Crippen LogP contribution >= 0.6 is 0 Å². The van der Waals surface area contributed by atoms with E-state index in [0.29, 0.717) is 28.0 Å². The molecule has 0 bridgehead atoms. The van der Waals surface area contributed by atoms with Crippen LogP contribution in [0.3, 0.4) is 0 Å². The molecule has 1 aliphatic heterocycles. The highest BCUT2D eigenvalue weighted by molar-refractivity contribution is 6.44. The summed E-state index contributed by atoms with van der Waals surface area (Å²) in [5, 5.41) is 0. The Bertz CT molecular complexity index is 2820. The lowest BCUT2D eigenvalue weighted by Gasteiger charge is -2.28. The molecule has 17 heteroatoms. The zero-order chi connectivity index (χ0) is 55.4. The Kier molecular flexibility index (Phi) is 16.0. The van der Waals surface area contributed by atoms with E-state index < -0.39 is 62.4 Å². The number of aliphatic imine (C=N–C) groups is 1. The van der Waals surface area contributed by atoms with Gasteiger partial charge in [-0.15, -0.1) is 0 Å². The molecule has 0 fully saturated rings. The minimum atomic E-state index is -6.14. The lowest BCUT2D eigenvalue weighted by atomic mass is 9.85. The van der Waals surface area contributed by atoms with E-state index in [-0.39, 0.29) is 44.5 Å². The first-order chi connectivity index (χ1) is 33.8. The summed E-state index contributed by atoms with van der Waals surface area (Å²) in [7, 11) is -2.81. The number of hydrogen-bond acceptors (Lipinski definition) is 3. The van der Waals surface area contributed by atoms with Gasteiger partial charge in [-0.25, -0.2) is 31.3 Å². The second-order valence-electron chi connectivity index (χ2n) is 22.9. The van der Waals surface area contributed by atoms with Gasteiger partial charge in [0.1, 0.15) is 13.2 Å². The van der Waals surface area contributed by atoms with Crippen LogP contribution in [0.15, 0.2) is 120 Å². The molecule has 6 rings (SSSR count). The quantitative estimate of drug-likeness (QED) is 0.0821. The third-order valence-electron chi connectivity index (χ3n) is 12.7. The third kappa shape index (κ3) is 13.3. The zero-order valence-electron chi connectivity index (χ0n) is 43.4. The van der Waals surface area contributed by atoms with Crippen molar-refractivity contribution in [3.63, 3.8) is 0 Å². The van der Waals surface area contributed by atoms with Crippen LogP contribution in [0.25, 0.3) is 34.0 Å². The normalized spacial score (nSPS) is 15.9. The van der Waals surface area contributed by atoms with Gasteiger partial charge in [0.2, 0.25) is 0 Å². The van der Waals surface area contributed by atoms with Crippen molar-refractivity contribution in [2.45, 2.75) is 141 Å². The summed E-state index contributed by atoms with van der Waals surface area (Å²) < 4.78 is 183. The van der Waals surface area contributed by atoms with Crippen molar-refractivity contribution in [3.05, 3.63) is 154 Å². The first-order valence-electron chi connectivity index (χ1n) is 23.9. The first kappa shape index (κ1) is 57.7. The number of benzene rings is 4. The molecule has 398 valence electrons. The van der Waals surface area contributed by atoms with E-state index in [2.05, 4.69) is 0 Å². The summed E-state index contributed by atoms with van der Waals surface area (Å²) in [6.07, 6.45) is -18.7. The van der Waals surface area contributed by atoms with Gasteiger partial charge in [-0.2, -0.15) is 26.3 Å². The number of halogens is 12. The largest absolute Gasteiger partial charge is 0.598 e. The van der Waals surface area contributed by atoms with Gasteiger partial charge in [-0.05, 0) is 78.8 Å². The molecule has 0 saturated carbocycles. The Labute approximate surface area is 425 Å². The van der Waals surface area contributed by atoms with Crippen molar-refractivity contribution in [2.24, 2.45) is 4.99 Å². The van der Waals surface area contributed by atoms with Gasteiger partial charge in [0.05, 0.1) is 11.4 Å². The Morgan fingerprint density at radius 3 is 1.18 bits per heavy atom. The summed E-state index contributed by atoms with van der Waals surface area (Å²) in [5.74, 6) is -10.8. The minimum Gasteiger partial charge on any atom is -0.385 e. The van der Waals surface area contributed by atoms with Crippen molar-refractivity contribution in [3.8, 4) is 22.4 Å². The van der Waals surface area contributed by atoms with E-state index in [0.717, 1.165) is 26.7 Å². The average molecular weight is 1040 g/mol. The van der Waals surface area contributed by atoms with E-state index in [9.17, 15) is 35.1 Å². The maximum Gasteiger partial charge on any atom is 0.598 e. The summed E-state index contributed by atoms with van der Waals surface area (Å²) in [6.45, 7) is 18.9. The van der Waals surface area contributed by atoms with Crippen molar-refractivity contribution in [2.75, 3.05) is 13.2 Å². The zero-order valence-corrected chi connectivity index (χ0v) is 43.4. The second-order valence-corrected chi connectivity index (χ2v) is 22.9. The lowest BCUT2D eigenvalue weighted by Crippen LogP contribution is -2.50. The predicted octanol–water partition coefficient (Wildman–Crippen LogP) is 16.9. The monoisotopic (exact) mass is 1040 g/mol. The molecule has 74 heavy (non-hydrogen) atoms. The van der Waals surface area contributed by atoms with Crippen LogP contribution in [-0.2, 0) is 31.0 Å². The van der Waals surface area contributed by atoms with Crippen molar-refractivity contribution in [1.29, 1.82) is 0 Å². The van der Waals surface area contributed by atoms with E-state index in [4.69, 9.17) is 14.3 Å². The summed E-state index contributed by atoms with van der Waals surface area (Å²) in [5.41, 5.74) is 5.43. The van der Waals surface area contributed by atoms with E-state index in [1.54, 1.807) is 54.6 Å². The molecule has 0 aliphatic carbocycles. The number of rotatable bonds is 14. The molecule has 5 aromatic rings. The third-order valence-corrected chi connectivity index (χ3v) is 12.7. The smallest absolute Gasteiger partial charge is 0.385 e. The lowest BCUT2D eigenvalue weighted by molar-refractivity contribution is -0.253. The highest BCUT2D eigenvalue weighted by Gasteiger charge is 2.59. The highest BCUT2D eigenvalue weighted by Crippen LogP contribution is 2.43. The van der Waals surface area contributed by atoms with E-state index in [1.165, 1.54) is 12.1 Å². The summed E-state index contributed by atoms with van der Waals surface area (Å²) in [4.78, 5) is 5.05. The van der Waals surface area contributed by atoms with Crippen LogP contribution in [0.1, 0.15) is 122 Å². The van der Waals surface area contributed by atoms with Crippen LogP contribution in [0, 0.1) is 0 Å². The standard InChI is InChI=1S/C57H61BF12N2O2/c1-50(2,3)38-21-13-34(14-22-38)42-29-44(36-17-25-40(26-18-36)52(7,8)9)71-45(42)31-47-43(35-15-23-39(24-16-35)51(4,5)6)30-46(37-19-27-41(28-20-37)53(10,11)12)72(47)58(73-32-54(61,62)48(59)56(65,66)67)74-33-55(63,64)49(60)57(68,69)70/h13-31,48-49H,32-33H2,1-12H3/b45-31-. The molecule has 0 amide bonds. The molecule has 2 unspecified atom stereocenters. The Balaban J connectivity index is 1.73. The first-order valence-corrected chi connectivity index (χ1v) is 23.9. The molecule has 1 aliphatic rings. The Hall–Kier alpha value is -5.55. The fourth-order valence-electron chi connectivity index (χ4n) is 8.19. The van der Waals surface area contributed by atoms with Crippen LogP contribution in [0.5, 0.6) is 0 Å². The highest BCUT2D eigenvalue weighted by atomic mass is 19.4. The van der Waals surface area contributed by atoms with Crippen molar-refractivity contribution in [1.82, 2.24) is 4.48 Å². The fraction of sp³-hybridized carbons (Fsp3) is 0.421. The number of nitrogens with zero attached hydrogens (tertiary/aromatic N) is 2.